The highest BCUT2D eigenvalue weighted by Crippen LogP contribution is 2.61. The molecule has 55 heavy (non-hydrogen) atoms. The molecule has 312 valence electrons. The van der Waals surface area contributed by atoms with Crippen molar-refractivity contribution in [2.75, 3.05) is 37.8 Å². The van der Waals surface area contributed by atoms with E-state index >= 15 is 0 Å². The molecule has 2 amide bonds. The van der Waals surface area contributed by atoms with Crippen molar-refractivity contribution < 1.29 is 85.6 Å². The van der Waals surface area contributed by atoms with Crippen molar-refractivity contribution in [3.8, 4) is 0 Å². The molecule has 1 aliphatic heterocycles. The lowest BCUT2D eigenvalue weighted by Gasteiger charge is -2.30. The number of aliphatic hydroxyl groups is 3. The van der Waals surface area contributed by atoms with Crippen LogP contribution in [0.15, 0.2) is 12.7 Å². The average molecular weight is 868 g/mol. The second-order valence-corrected chi connectivity index (χ2v) is 18.1. The Morgan fingerprint density at radius 3 is 2.33 bits per heavy atom. The van der Waals surface area contributed by atoms with Crippen LogP contribution in [0.25, 0.3) is 11.2 Å². The first kappa shape index (κ1) is 46.9. The summed E-state index contributed by atoms with van der Waals surface area (Å²) in [4.78, 5) is 87.3. The molecule has 25 nitrogen and oxygen atoms in total. The SMILES string of the molecule is CC(O)C(C)C(=O)SCCNC(=O)CCNC(=O)C(O)C(C)(C)COP(=O)(O)OP(=O)(O)OCC1OC(n2cnc3c(N)ncnc32)C(O)C1OP(=O)(O)O. The van der Waals surface area contributed by atoms with Gasteiger partial charge in [-0.2, -0.15) is 4.31 Å². The fourth-order valence-corrected chi connectivity index (χ4v) is 8.30. The number of nitrogens with one attached hydrogen (secondary N) is 2. The Balaban J connectivity index is 1.50. The van der Waals surface area contributed by atoms with Crippen molar-refractivity contribution >= 4 is 69.1 Å². The van der Waals surface area contributed by atoms with E-state index in [1.165, 1.54) is 20.8 Å². The number of carbonyl (C=O) groups is 3. The van der Waals surface area contributed by atoms with Crippen LogP contribution in [0, 0.1) is 11.3 Å². The molecule has 3 heterocycles. The standard InChI is InChI=1S/C26H44N7O18P3S/c1-13(14(2)34)25(39)55-8-7-28-16(35)5-6-29-23(38)20(37)26(3,4)10-48-54(45,46)51-53(43,44)47-9-15-19(50-52(40,41)42)18(36)24(49-15)33-12-32-17-21(27)30-11-31-22(17)33/h11-15,18-20,24,34,36-37H,5-10H2,1-4H3,(H,28,35)(H,29,38)(H,43,44)(H,45,46)(H2,27,30,31)(H2,40,41,42). The maximum Gasteiger partial charge on any atom is 0.481 e. The number of imidazole rings is 1. The average Bonchev–Trinajstić information content (AvgIpc) is 3.64. The summed E-state index contributed by atoms with van der Waals surface area (Å²) in [6, 6.07) is 0. The molecule has 0 bridgehead atoms. The molecule has 11 N–H and O–H groups in total. The van der Waals surface area contributed by atoms with Gasteiger partial charge in [-0.3, -0.25) is 32.5 Å². The van der Waals surface area contributed by atoms with Crippen LogP contribution in [-0.2, 0) is 50.7 Å². The number of amides is 2. The second kappa shape index (κ2) is 19.3. The molecule has 29 heteroatoms. The molecule has 2 aromatic rings. The van der Waals surface area contributed by atoms with Crippen LogP contribution in [0.2, 0.25) is 0 Å². The molecule has 1 saturated heterocycles. The lowest BCUT2D eigenvalue weighted by molar-refractivity contribution is -0.137. The Kier molecular flexibility index (Phi) is 16.5. The van der Waals surface area contributed by atoms with E-state index in [2.05, 4.69) is 34.4 Å². The van der Waals surface area contributed by atoms with Gasteiger partial charge in [-0.15, -0.1) is 0 Å². The third kappa shape index (κ3) is 13.8. The topological polar surface area (TPSA) is 384 Å². The monoisotopic (exact) mass is 867 g/mol. The summed E-state index contributed by atoms with van der Waals surface area (Å²) < 4.78 is 62.0. The van der Waals surface area contributed by atoms with Gasteiger partial charge in [-0.1, -0.05) is 32.5 Å². The number of phosphoric acid groups is 3. The molecule has 1 aliphatic rings. The van der Waals surface area contributed by atoms with Crippen molar-refractivity contribution in [1.82, 2.24) is 30.2 Å². The van der Waals surface area contributed by atoms with E-state index in [1.807, 2.05) is 0 Å². The molecular weight excluding hydrogens is 823 g/mol. The van der Waals surface area contributed by atoms with Crippen molar-refractivity contribution in [2.24, 2.45) is 11.3 Å². The number of aromatic nitrogens is 4. The first-order valence-electron chi connectivity index (χ1n) is 16.1. The van der Waals surface area contributed by atoms with E-state index in [4.69, 9.17) is 19.5 Å². The number of nitrogen functional groups attached to an aromatic ring is 1. The summed E-state index contributed by atoms with van der Waals surface area (Å²) in [6.07, 6.45) is -7.81. The quantitative estimate of drug-likeness (QED) is 0.0514. The van der Waals surface area contributed by atoms with Crippen LogP contribution >= 0.6 is 35.2 Å². The first-order chi connectivity index (χ1) is 25.3. The third-order valence-electron chi connectivity index (χ3n) is 7.84. The number of fused-ring (bicyclic) bond motifs is 1. The zero-order valence-electron chi connectivity index (χ0n) is 29.7. The van der Waals surface area contributed by atoms with Crippen LogP contribution in [-0.4, -0.2) is 134 Å². The summed E-state index contributed by atoms with van der Waals surface area (Å²) in [5, 5.41) is 35.5. The van der Waals surface area contributed by atoms with Crippen LogP contribution < -0.4 is 16.4 Å². The summed E-state index contributed by atoms with van der Waals surface area (Å²) in [7, 11) is -16.4. The fraction of sp³-hybridized carbons (Fsp3) is 0.692. The number of rotatable bonds is 21. The number of hydrogen-bond acceptors (Lipinski definition) is 19. The Bertz CT molecular complexity index is 1810. The molecule has 0 aromatic carbocycles. The highest BCUT2D eigenvalue weighted by Gasteiger charge is 2.50. The van der Waals surface area contributed by atoms with Crippen LogP contribution in [0.3, 0.4) is 0 Å². The minimum absolute atomic E-state index is 0.0256. The van der Waals surface area contributed by atoms with Crippen LogP contribution in [0.1, 0.15) is 40.3 Å². The van der Waals surface area contributed by atoms with Crippen molar-refractivity contribution in [3.63, 3.8) is 0 Å². The summed E-state index contributed by atoms with van der Waals surface area (Å²) in [5.74, 6) is -1.84. The number of anilines is 1. The molecule has 0 saturated carbocycles. The Morgan fingerprint density at radius 1 is 1.04 bits per heavy atom. The molecule has 1 fully saturated rings. The number of nitrogens with zero attached hydrogens (tertiary/aromatic N) is 4. The van der Waals surface area contributed by atoms with Gasteiger partial charge in [0.15, 0.2) is 22.8 Å². The minimum Gasteiger partial charge on any atom is -0.393 e. The Labute approximate surface area is 317 Å². The zero-order valence-corrected chi connectivity index (χ0v) is 33.2. The largest absolute Gasteiger partial charge is 0.481 e. The van der Waals surface area contributed by atoms with Crippen LogP contribution in [0.4, 0.5) is 5.82 Å². The number of thioether (sulfide) groups is 1. The van der Waals surface area contributed by atoms with Gasteiger partial charge < -0.3 is 56.0 Å². The molecule has 0 aliphatic carbocycles. The molecule has 0 spiro atoms. The first-order valence-corrected chi connectivity index (χ1v) is 21.6. The van der Waals surface area contributed by atoms with E-state index in [0.717, 1.165) is 29.0 Å². The molecular formula is C26H44N7O18P3S. The van der Waals surface area contributed by atoms with Gasteiger partial charge in [-0.25, -0.2) is 28.6 Å². The molecule has 0 radical (unpaired) electrons. The summed E-state index contributed by atoms with van der Waals surface area (Å²) >= 11 is 0.947. The van der Waals surface area contributed by atoms with E-state index in [1.54, 1.807) is 6.92 Å². The van der Waals surface area contributed by atoms with Gasteiger partial charge in [0.1, 0.15) is 36.3 Å². The summed E-state index contributed by atoms with van der Waals surface area (Å²) in [5.41, 5.74) is 4.23. The predicted molar refractivity (Wildman–Crippen MR) is 188 cm³/mol. The van der Waals surface area contributed by atoms with Crippen molar-refractivity contribution in [2.45, 2.75) is 70.9 Å². The second-order valence-electron chi connectivity index (χ2n) is 12.8. The highest BCUT2D eigenvalue weighted by molar-refractivity contribution is 8.13. The van der Waals surface area contributed by atoms with Gasteiger partial charge in [0, 0.05) is 30.7 Å². The zero-order chi connectivity index (χ0) is 41.5. The number of hydrogen-bond donors (Lipinski definition) is 10. The Hall–Kier alpha value is -2.48. The maximum absolute atomic E-state index is 12.7. The lowest BCUT2D eigenvalue weighted by atomic mass is 9.87. The predicted octanol–water partition coefficient (Wildman–Crippen LogP) is -1.32. The van der Waals surface area contributed by atoms with Gasteiger partial charge >= 0.3 is 23.5 Å². The number of carbonyl (C=O) groups excluding carboxylic acids is 3. The number of aliphatic hydroxyl groups excluding tert-OH is 3. The summed E-state index contributed by atoms with van der Waals surface area (Å²) in [6.45, 7) is 3.42. The lowest BCUT2D eigenvalue weighted by Crippen LogP contribution is -2.46. The normalized spacial score (nSPS) is 23.0. The minimum atomic E-state index is -5.58. The van der Waals surface area contributed by atoms with E-state index in [9.17, 15) is 63.0 Å². The van der Waals surface area contributed by atoms with Gasteiger partial charge in [0.2, 0.25) is 11.8 Å². The highest BCUT2D eigenvalue weighted by atomic mass is 32.2. The maximum atomic E-state index is 12.7. The fourth-order valence-electron chi connectivity index (χ4n) is 4.61. The molecule has 9 atom stereocenters. The van der Waals surface area contributed by atoms with Gasteiger partial charge in [-0.05, 0) is 6.92 Å². The number of ether oxygens (including phenoxy) is 1. The van der Waals surface area contributed by atoms with Gasteiger partial charge in [0.05, 0.1) is 31.6 Å². The van der Waals surface area contributed by atoms with Gasteiger partial charge in [0.25, 0.3) is 0 Å². The van der Waals surface area contributed by atoms with E-state index < -0.39 is 96.6 Å². The molecule has 3 rings (SSSR count). The smallest absolute Gasteiger partial charge is 0.393 e. The molecule has 9 unspecified atom stereocenters. The van der Waals surface area contributed by atoms with E-state index in [0.29, 0.717) is 0 Å². The van der Waals surface area contributed by atoms with Crippen LogP contribution in [0.5, 0.6) is 0 Å². The Morgan fingerprint density at radius 2 is 1.69 bits per heavy atom. The third-order valence-corrected chi connectivity index (χ3v) is 12.0. The van der Waals surface area contributed by atoms with Crippen molar-refractivity contribution in [1.29, 1.82) is 0 Å². The van der Waals surface area contributed by atoms with E-state index in [-0.39, 0.29) is 47.4 Å². The number of phosphoric ester groups is 3. The molecule has 2 aromatic heterocycles. The van der Waals surface area contributed by atoms with Crippen molar-refractivity contribution in [3.05, 3.63) is 12.7 Å². The number of nitrogens with two attached hydrogens (primary N) is 1.